The average Bonchev–Trinajstić information content (AvgIpc) is 2.51. The van der Waals surface area contributed by atoms with Crippen molar-refractivity contribution in [1.82, 2.24) is 10.3 Å². The van der Waals surface area contributed by atoms with Gasteiger partial charge in [0.25, 0.3) is 5.91 Å². The Hall–Kier alpha value is -2.96. The Morgan fingerprint density at radius 1 is 1.16 bits per heavy atom. The zero-order valence-electron chi connectivity index (χ0n) is 14.6. The summed E-state index contributed by atoms with van der Waals surface area (Å²) < 4.78 is 5.37. The fourth-order valence-corrected chi connectivity index (χ4v) is 2.69. The molecule has 0 spiro atoms. The van der Waals surface area contributed by atoms with Crippen LogP contribution in [0.4, 0.5) is 4.79 Å². The molecular weight excluding hydrogens is 322 g/mol. The molecule has 7 heteroatoms. The van der Waals surface area contributed by atoms with Crippen LogP contribution in [0.1, 0.15) is 35.5 Å². The standard InChI is InChI=1S/C18H21N3O4/c1-9(2)15(16(22)21-18(19)24)25-17(23)14-10(3)12-7-5-6-8-13(12)20-11(14)4/h5-9,15H,1-4H3,(H3,19,21,22,24)/t15-/m1/s1. The lowest BCUT2D eigenvalue weighted by Gasteiger charge is -2.21. The number of para-hydroxylation sites is 1. The number of esters is 1. The van der Waals surface area contributed by atoms with Gasteiger partial charge in [-0.2, -0.15) is 0 Å². The highest BCUT2D eigenvalue weighted by Crippen LogP contribution is 2.24. The number of nitrogens with two attached hydrogens (primary N) is 1. The number of fused-ring (bicyclic) bond motifs is 1. The molecule has 7 nitrogen and oxygen atoms in total. The fourth-order valence-electron chi connectivity index (χ4n) is 2.69. The van der Waals surface area contributed by atoms with Gasteiger partial charge in [-0.25, -0.2) is 9.59 Å². The maximum Gasteiger partial charge on any atom is 0.341 e. The van der Waals surface area contributed by atoms with E-state index in [9.17, 15) is 14.4 Å². The van der Waals surface area contributed by atoms with E-state index >= 15 is 0 Å². The Morgan fingerprint density at radius 2 is 1.80 bits per heavy atom. The smallest absolute Gasteiger partial charge is 0.341 e. The lowest BCUT2D eigenvalue weighted by Crippen LogP contribution is -2.45. The van der Waals surface area contributed by atoms with Gasteiger partial charge in [0, 0.05) is 5.39 Å². The van der Waals surface area contributed by atoms with E-state index in [4.69, 9.17) is 10.5 Å². The maximum absolute atomic E-state index is 12.7. The second-order valence-corrected chi connectivity index (χ2v) is 6.14. The monoisotopic (exact) mass is 343 g/mol. The number of hydrogen-bond donors (Lipinski definition) is 2. The summed E-state index contributed by atoms with van der Waals surface area (Å²) >= 11 is 0. The molecule has 1 heterocycles. The SMILES string of the molecule is Cc1nc2ccccc2c(C)c1C(=O)O[C@@H](C(=O)NC(N)=O)C(C)C. The molecule has 2 aromatic rings. The molecule has 132 valence electrons. The highest BCUT2D eigenvalue weighted by molar-refractivity contribution is 6.01. The number of aromatic nitrogens is 1. The summed E-state index contributed by atoms with van der Waals surface area (Å²) in [5.41, 5.74) is 7.30. The van der Waals surface area contributed by atoms with Crippen molar-refractivity contribution in [3.8, 4) is 0 Å². The normalized spacial score (nSPS) is 12.0. The average molecular weight is 343 g/mol. The minimum absolute atomic E-state index is 0.316. The van der Waals surface area contributed by atoms with Crippen molar-refractivity contribution in [3.05, 3.63) is 41.1 Å². The van der Waals surface area contributed by atoms with E-state index in [0.717, 1.165) is 16.5 Å². The lowest BCUT2D eigenvalue weighted by molar-refractivity contribution is -0.130. The second kappa shape index (κ2) is 7.29. The third-order valence-electron chi connectivity index (χ3n) is 3.88. The number of ether oxygens (including phenoxy) is 1. The molecule has 1 atom stereocenters. The van der Waals surface area contributed by atoms with E-state index < -0.39 is 24.0 Å². The Kier molecular flexibility index (Phi) is 5.36. The number of carbonyl (C=O) groups is 3. The Morgan fingerprint density at radius 3 is 2.40 bits per heavy atom. The van der Waals surface area contributed by atoms with Gasteiger partial charge in [0.15, 0.2) is 6.10 Å². The number of carbonyl (C=O) groups excluding carboxylic acids is 3. The van der Waals surface area contributed by atoms with Crippen LogP contribution in [-0.2, 0) is 9.53 Å². The number of aryl methyl sites for hydroxylation is 2. The number of urea groups is 1. The first-order valence-electron chi connectivity index (χ1n) is 7.89. The highest BCUT2D eigenvalue weighted by atomic mass is 16.5. The largest absolute Gasteiger partial charge is 0.448 e. The first-order valence-corrected chi connectivity index (χ1v) is 7.89. The van der Waals surface area contributed by atoms with Gasteiger partial charge < -0.3 is 10.5 Å². The first-order chi connectivity index (χ1) is 11.7. The summed E-state index contributed by atoms with van der Waals surface area (Å²) in [4.78, 5) is 40.0. The molecule has 2 rings (SSSR count). The molecule has 25 heavy (non-hydrogen) atoms. The van der Waals surface area contributed by atoms with Crippen LogP contribution in [0.5, 0.6) is 0 Å². The van der Waals surface area contributed by atoms with Crippen molar-refractivity contribution in [1.29, 1.82) is 0 Å². The molecule has 0 saturated carbocycles. The number of amides is 3. The van der Waals surface area contributed by atoms with Crippen molar-refractivity contribution < 1.29 is 19.1 Å². The molecule has 0 unspecified atom stereocenters. The van der Waals surface area contributed by atoms with Gasteiger partial charge in [-0.1, -0.05) is 32.0 Å². The summed E-state index contributed by atoms with van der Waals surface area (Å²) in [7, 11) is 0. The van der Waals surface area contributed by atoms with E-state index in [1.54, 1.807) is 20.8 Å². The molecule has 0 fully saturated rings. The fraction of sp³-hybridized carbons (Fsp3) is 0.333. The molecule has 0 bridgehead atoms. The highest BCUT2D eigenvalue weighted by Gasteiger charge is 2.29. The summed E-state index contributed by atoms with van der Waals surface area (Å²) in [6.07, 6.45) is -1.13. The number of nitrogens with zero attached hydrogens (tertiary/aromatic N) is 1. The summed E-state index contributed by atoms with van der Waals surface area (Å²) in [6, 6.07) is 6.47. The van der Waals surface area contributed by atoms with E-state index in [1.807, 2.05) is 36.5 Å². The predicted molar refractivity (Wildman–Crippen MR) is 93.0 cm³/mol. The van der Waals surface area contributed by atoms with E-state index in [2.05, 4.69) is 4.98 Å². The summed E-state index contributed by atoms with van der Waals surface area (Å²) in [6.45, 7) is 6.93. The number of hydrogen-bond acceptors (Lipinski definition) is 5. The van der Waals surface area contributed by atoms with Crippen LogP contribution in [-0.4, -0.2) is 29.0 Å². The molecule has 1 aromatic heterocycles. The van der Waals surface area contributed by atoms with Gasteiger partial charge in [-0.3, -0.25) is 15.1 Å². The van der Waals surface area contributed by atoms with Gasteiger partial charge in [-0.05, 0) is 31.4 Å². The summed E-state index contributed by atoms with van der Waals surface area (Å²) in [5.74, 6) is -1.75. The number of benzene rings is 1. The van der Waals surface area contributed by atoms with Gasteiger partial charge >= 0.3 is 12.0 Å². The maximum atomic E-state index is 12.7. The van der Waals surface area contributed by atoms with Crippen LogP contribution in [0.3, 0.4) is 0 Å². The van der Waals surface area contributed by atoms with Crippen molar-refractivity contribution >= 4 is 28.8 Å². The molecule has 3 N–H and O–H groups in total. The Bertz CT molecular complexity index is 846. The van der Waals surface area contributed by atoms with E-state index in [0.29, 0.717) is 11.3 Å². The minimum atomic E-state index is -1.13. The number of primary amides is 1. The molecular formula is C18H21N3O4. The minimum Gasteiger partial charge on any atom is -0.448 e. The Labute approximate surface area is 145 Å². The van der Waals surface area contributed by atoms with Crippen LogP contribution in [0, 0.1) is 19.8 Å². The zero-order chi connectivity index (χ0) is 18.7. The lowest BCUT2D eigenvalue weighted by atomic mass is 10.0. The molecule has 0 aliphatic heterocycles. The third-order valence-corrected chi connectivity index (χ3v) is 3.88. The zero-order valence-corrected chi connectivity index (χ0v) is 14.6. The van der Waals surface area contributed by atoms with Crippen LogP contribution in [0.25, 0.3) is 10.9 Å². The second-order valence-electron chi connectivity index (χ2n) is 6.14. The Balaban J connectivity index is 2.38. The van der Waals surface area contributed by atoms with Crippen LogP contribution < -0.4 is 11.1 Å². The molecule has 0 aliphatic carbocycles. The van der Waals surface area contributed by atoms with Crippen molar-refractivity contribution in [2.75, 3.05) is 0 Å². The first kappa shape index (κ1) is 18.4. The van der Waals surface area contributed by atoms with Crippen molar-refractivity contribution in [3.63, 3.8) is 0 Å². The molecule has 0 aliphatic rings. The number of pyridine rings is 1. The molecule has 0 radical (unpaired) electrons. The third kappa shape index (κ3) is 3.93. The van der Waals surface area contributed by atoms with Gasteiger partial charge in [0.05, 0.1) is 16.8 Å². The molecule has 1 aromatic carbocycles. The van der Waals surface area contributed by atoms with Gasteiger partial charge in [0.1, 0.15) is 0 Å². The van der Waals surface area contributed by atoms with Crippen LogP contribution in [0.15, 0.2) is 24.3 Å². The van der Waals surface area contributed by atoms with Gasteiger partial charge in [-0.15, -0.1) is 0 Å². The number of nitrogens with one attached hydrogen (secondary N) is 1. The van der Waals surface area contributed by atoms with Crippen LogP contribution in [0.2, 0.25) is 0 Å². The van der Waals surface area contributed by atoms with E-state index in [1.165, 1.54) is 0 Å². The van der Waals surface area contributed by atoms with Gasteiger partial charge in [0.2, 0.25) is 0 Å². The van der Waals surface area contributed by atoms with Crippen molar-refractivity contribution in [2.45, 2.75) is 33.8 Å². The quantitative estimate of drug-likeness (QED) is 0.827. The molecule has 3 amide bonds. The number of rotatable bonds is 4. The number of imide groups is 1. The van der Waals surface area contributed by atoms with E-state index in [-0.39, 0.29) is 5.92 Å². The van der Waals surface area contributed by atoms with Crippen LogP contribution >= 0.6 is 0 Å². The topological polar surface area (TPSA) is 111 Å². The predicted octanol–water partition coefficient (Wildman–Crippen LogP) is 2.23. The molecule has 0 saturated heterocycles. The summed E-state index contributed by atoms with van der Waals surface area (Å²) in [5, 5.41) is 2.78. The van der Waals surface area contributed by atoms with Crippen molar-refractivity contribution in [2.24, 2.45) is 11.7 Å².